The lowest BCUT2D eigenvalue weighted by Crippen LogP contribution is -2.60. The zero-order valence-corrected chi connectivity index (χ0v) is 16.6. The number of aromatic nitrogens is 2. The topological polar surface area (TPSA) is 56.3 Å². The Morgan fingerprint density at radius 2 is 1.69 bits per heavy atom. The maximum absolute atomic E-state index is 6.15. The van der Waals surface area contributed by atoms with Gasteiger partial charge in [-0.2, -0.15) is 0 Å². The molecule has 0 spiro atoms. The van der Waals surface area contributed by atoms with Gasteiger partial charge in [-0.1, -0.05) is 6.07 Å². The fourth-order valence-electron chi connectivity index (χ4n) is 4.02. The SMILES string of the molecule is COc1cc(C)ccc1-c1ccc(OC2CC(C)(C)NC(C)(C)C2)nn1. The second kappa shape index (κ2) is 6.88. The molecule has 0 radical (unpaired) electrons. The number of hydrogen-bond donors (Lipinski definition) is 1. The van der Waals surface area contributed by atoms with Crippen LogP contribution in [0.5, 0.6) is 11.6 Å². The van der Waals surface area contributed by atoms with Crippen LogP contribution in [-0.2, 0) is 0 Å². The van der Waals surface area contributed by atoms with Crippen molar-refractivity contribution in [3.8, 4) is 22.9 Å². The lowest BCUT2D eigenvalue weighted by molar-refractivity contribution is 0.0524. The van der Waals surface area contributed by atoms with Crippen molar-refractivity contribution in [3.63, 3.8) is 0 Å². The molecular formula is C21H29N3O2. The molecule has 1 fully saturated rings. The smallest absolute Gasteiger partial charge is 0.233 e. The third-order valence-corrected chi connectivity index (χ3v) is 4.71. The fourth-order valence-corrected chi connectivity index (χ4v) is 4.02. The summed E-state index contributed by atoms with van der Waals surface area (Å²) in [6.45, 7) is 10.9. The number of hydrogen-bond acceptors (Lipinski definition) is 5. The zero-order chi connectivity index (χ0) is 18.9. The van der Waals surface area contributed by atoms with Gasteiger partial charge in [0.1, 0.15) is 11.9 Å². The molecule has 26 heavy (non-hydrogen) atoms. The summed E-state index contributed by atoms with van der Waals surface area (Å²) in [5, 5.41) is 12.3. The Kier molecular flexibility index (Phi) is 4.93. The van der Waals surface area contributed by atoms with Crippen molar-refractivity contribution in [3.05, 3.63) is 35.9 Å². The minimum atomic E-state index is 0.0368. The molecule has 0 aliphatic carbocycles. The predicted molar refractivity (Wildman–Crippen MR) is 104 cm³/mol. The monoisotopic (exact) mass is 355 g/mol. The van der Waals surface area contributed by atoms with E-state index in [0.717, 1.165) is 35.4 Å². The van der Waals surface area contributed by atoms with Gasteiger partial charge in [-0.25, -0.2) is 0 Å². The molecule has 1 N–H and O–H groups in total. The van der Waals surface area contributed by atoms with E-state index in [1.54, 1.807) is 7.11 Å². The van der Waals surface area contributed by atoms with Crippen LogP contribution in [0, 0.1) is 6.92 Å². The van der Waals surface area contributed by atoms with Crippen LogP contribution in [-0.4, -0.2) is 34.5 Å². The lowest BCUT2D eigenvalue weighted by Gasteiger charge is -2.46. The first-order chi connectivity index (χ1) is 12.2. The van der Waals surface area contributed by atoms with Crippen LogP contribution in [0.1, 0.15) is 46.1 Å². The van der Waals surface area contributed by atoms with Gasteiger partial charge in [-0.3, -0.25) is 0 Å². The first kappa shape index (κ1) is 18.6. The average molecular weight is 355 g/mol. The first-order valence-electron chi connectivity index (χ1n) is 9.12. The summed E-state index contributed by atoms with van der Waals surface area (Å²) >= 11 is 0. The number of aryl methyl sites for hydroxylation is 1. The van der Waals surface area contributed by atoms with Crippen LogP contribution < -0.4 is 14.8 Å². The number of nitrogens with one attached hydrogen (secondary N) is 1. The van der Waals surface area contributed by atoms with Crippen molar-refractivity contribution < 1.29 is 9.47 Å². The highest BCUT2D eigenvalue weighted by atomic mass is 16.5. The Labute approximate surface area is 156 Å². The molecule has 140 valence electrons. The van der Waals surface area contributed by atoms with Gasteiger partial charge in [0.2, 0.25) is 5.88 Å². The number of piperidine rings is 1. The van der Waals surface area contributed by atoms with Crippen molar-refractivity contribution in [1.29, 1.82) is 0 Å². The summed E-state index contributed by atoms with van der Waals surface area (Å²) in [6, 6.07) is 9.89. The molecule has 0 saturated carbocycles. The van der Waals surface area contributed by atoms with Crippen molar-refractivity contribution in [2.24, 2.45) is 0 Å². The Morgan fingerprint density at radius 3 is 2.27 bits per heavy atom. The second-order valence-corrected chi connectivity index (χ2v) is 8.50. The lowest BCUT2D eigenvalue weighted by atomic mass is 9.81. The zero-order valence-electron chi connectivity index (χ0n) is 16.6. The van der Waals surface area contributed by atoms with Crippen molar-refractivity contribution in [1.82, 2.24) is 15.5 Å². The largest absolute Gasteiger partial charge is 0.496 e. The highest BCUT2D eigenvalue weighted by Gasteiger charge is 2.38. The molecule has 2 heterocycles. The summed E-state index contributed by atoms with van der Waals surface area (Å²) in [7, 11) is 1.67. The van der Waals surface area contributed by atoms with E-state index in [2.05, 4.69) is 43.2 Å². The molecule has 0 atom stereocenters. The molecule has 5 nitrogen and oxygen atoms in total. The Morgan fingerprint density at radius 1 is 1.00 bits per heavy atom. The van der Waals surface area contributed by atoms with Crippen LogP contribution in [0.4, 0.5) is 0 Å². The van der Waals surface area contributed by atoms with Crippen LogP contribution >= 0.6 is 0 Å². The molecule has 1 aromatic heterocycles. The van der Waals surface area contributed by atoms with Crippen molar-refractivity contribution >= 4 is 0 Å². The Balaban J connectivity index is 1.76. The Bertz CT molecular complexity index is 753. The molecule has 1 saturated heterocycles. The normalized spacial score (nSPS) is 19.2. The van der Waals surface area contributed by atoms with Gasteiger partial charge in [0.15, 0.2) is 0 Å². The summed E-state index contributed by atoms with van der Waals surface area (Å²) in [5.41, 5.74) is 2.93. The minimum Gasteiger partial charge on any atom is -0.496 e. The number of methoxy groups -OCH3 is 1. The van der Waals surface area contributed by atoms with Crippen LogP contribution in [0.3, 0.4) is 0 Å². The third kappa shape index (κ3) is 4.33. The summed E-state index contributed by atoms with van der Waals surface area (Å²) in [4.78, 5) is 0. The van der Waals surface area contributed by atoms with E-state index < -0.39 is 0 Å². The van der Waals surface area contributed by atoms with E-state index in [0.29, 0.717) is 5.88 Å². The van der Waals surface area contributed by atoms with E-state index in [1.807, 2.05) is 37.3 Å². The van der Waals surface area contributed by atoms with E-state index in [9.17, 15) is 0 Å². The van der Waals surface area contributed by atoms with E-state index in [4.69, 9.17) is 9.47 Å². The highest BCUT2D eigenvalue weighted by Crippen LogP contribution is 2.32. The van der Waals surface area contributed by atoms with Gasteiger partial charge in [-0.15, -0.1) is 10.2 Å². The molecule has 2 aromatic rings. The highest BCUT2D eigenvalue weighted by molar-refractivity contribution is 5.67. The molecule has 3 rings (SSSR count). The Hall–Kier alpha value is -2.14. The predicted octanol–water partition coefficient (Wildman–Crippen LogP) is 4.15. The number of nitrogens with zero attached hydrogens (tertiary/aromatic N) is 2. The van der Waals surface area contributed by atoms with Crippen molar-refractivity contribution in [2.75, 3.05) is 7.11 Å². The fraction of sp³-hybridized carbons (Fsp3) is 0.524. The summed E-state index contributed by atoms with van der Waals surface area (Å²) in [5.74, 6) is 1.37. The minimum absolute atomic E-state index is 0.0368. The summed E-state index contributed by atoms with van der Waals surface area (Å²) < 4.78 is 11.6. The molecule has 0 unspecified atom stereocenters. The summed E-state index contributed by atoms with van der Waals surface area (Å²) in [6.07, 6.45) is 1.99. The number of ether oxygens (including phenoxy) is 2. The van der Waals surface area contributed by atoms with E-state index in [1.165, 1.54) is 0 Å². The van der Waals surface area contributed by atoms with Gasteiger partial charge < -0.3 is 14.8 Å². The molecular weight excluding hydrogens is 326 g/mol. The average Bonchev–Trinajstić information content (AvgIpc) is 2.52. The number of rotatable bonds is 4. The van der Waals surface area contributed by atoms with Gasteiger partial charge in [0, 0.05) is 35.5 Å². The van der Waals surface area contributed by atoms with Gasteiger partial charge in [0.25, 0.3) is 0 Å². The first-order valence-corrected chi connectivity index (χ1v) is 9.12. The maximum Gasteiger partial charge on any atom is 0.233 e. The van der Waals surface area contributed by atoms with Crippen LogP contribution in [0.25, 0.3) is 11.3 Å². The second-order valence-electron chi connectivity index (χ2n) is 8.50. The van der Waals surface area contributed by atoms with E-state index >= 15 is 0 Å². The molecule has 5 heteroatoms. The molecule has 1 aliphatic rings. The quantitative estimate of drug-likeness (QED) is 0.893. The standard InChI is InChI=1S/C21H29N3O2/c1-14-7-8-16(18(11-14)25-6)17-9-10-19(23-22-17)26-15-12-20(2,3)24-21(4,5)13-15/h7-11,15,24H,12-13H2,1-6H3. The van der Waals surface area contributed by atoms with Crippen molar-refractivity contribution in [2.45, 2.75) is 64.6 Å². The van der Waals surface area contributed by atoms with Gasteiger partial charge in [0.05, 0.1) is 12.8 Å². The molecule has 1 aromatic carbocycles. The third-order valence-electron chi connectivity index (χ3n) is 4.71. The number of benzene rings is 1. The molecule has 1 aliphatic heterocycles. The van der Waals surface area contributed by atoms with Gasteiger partial charge in [-0.05, 0) is 58.4 Å². The van der Waals surface area contributed by atoms with Crippen LogP contribution in [0.15, 0.2) is 30.3 Å². The molecule has 0 bridgehead atoms. The maximum atomic E-state index is 6.15. The van der Waals surface area contributed by atoms with E-state index in [-0.39, 0.29) is 17.2 Å². The molecule has 0 amide bonds. The van der Waals surface area contributed by atoms with Crippen LogP contribution in [0.2, 0.25) is 0 Å². The van der Waals surface area contributed by atoms with Gasteiger partial charge >= 0.3 is 0 Å².